The molecule has 1 unspecified atom stereocenters. The van der Waals surface area contributed by atoms with Crippen molar-refractivity contribution in [3.63, 3.8) is 0 Å². The van der Waals surface area contributed by atoms with Crippen LogP contribution in [0.15, 0.2) is 48.5 Å². The number of halogens is 1. The van der Waals surface area contributed by atoms with Crippen LogP contribution in [0.2, 0.25) is 5.02 Å². The lowest BCUT2D eigenvalue weighted by atomic mass is 10.2. The number of esters is 1. The van der Waals surface area contributed by atoms with E-state index in [1.54, 1.807) is 42.5 Å². The topological polar surface area (TPSA) is 103 Å². The van der Waals surface area contributed by atoms with Gasteiger partial charge in [-0.1, -0.05) is 29.8 Å². The van der Waals surface area contributed by atoms with Crippen LogP contribution in [0.4, 0.5) is 10.5 Å². The zero-order chi connectivity index (χ0) is 22.8. The van der Waals surface area contributed by atoms with Crippen LogP contribution < -0.4 is 20.1 Å². The second-order valence-corrected chi connectivity index (χ2v) is 6.60. The highest BCUT2D eigenvalue weighted by Gasteiger charge is 2.19. The number of hydrogen-bond acceptors (Lipinski definition) is 6. The Labute approximate surface area is 185 Å². The quantitative estimate of drug-likeness (QED) is 0.468. The number of para-hydroxylation sites is 1. The van der Waals surface area contributed by atoms with Crippen molar-refractivity contribution in [2.24, 2.45) is 0 Å². The van der Waals surface area contributed by atoms with Gasteiger partial charge >= 0.3 is 12.0 Å². The first-order chi connectivity index (χ1) is 14.8. The van der Waals surface area contributed by atoms with E-state index < -0.39 is 24.0 Å². The number of imide groups is 1. The van der Waals surface area contributed by atoms with E-state index in [0.29, 0.717) is 34.4 Å². The van der Waals surface area contributed by atoms with Gasteiger partial charge < -0.3 is 19.5 Å². The summed E-state index contributed by atoms with van der Waals surface area (Å²) in [4.78, 5) is 36.0. The molecule has 164 valence electrons. The minimum atomic E-state index is -1.18. The number of hydrogen-bond donors (Lipinski definition) is 2. The molecular formula is C22H23ClN2O6. The third-order valence-corrected chi connectivity index (χ3v) is 4.16. The Balaban J connectivity index is 1.93. The van der Waals surface area contributed by atoms with Crippen LogP contribution in [0.3, 0.4) is 0 Å². The predicted molar refractivity (Wildman–Crippen MR) is 117 cm³/mol. The molecule has 31 heavy (non-hydrogen) atoms. The summed E-state index contributed by atoms with van der Waals surface area (Å²) in [7, 11) is 1.48. The fraction of sp³-hybridized carbons (Fsp3) is 0.227. The summed E-state index contributed by atoms with van der Waals surface area (Å²) in [6.07, 6.45) is 1.42. The van der Waals surface area contributed by atoms with Gasteiger partial charge in [-0.25, -0.2) is 9.59 Å². The molecule has 0 heterocycles. The average Bonchev–Trinajstić information content (AvgIpc) is 2.73. The van der Waals surface area contributed by atoms with Crippen LogP contribution in [-0.2, 0) is 14.3 Å². The highest BCUT2D eigenvalue weighted by Crippen LogP contribution is 2.36. The van der Waals surface area contributed by atoms with Gasteiger partial charge in [0.2, 0.25) is 0 Å². The molecule has 0 radical (unpaired) electrons. The lowest BCUT2D eigenvalue weighted by molar-refractivity contribution is -0.149. The molecule has 0 fully saturated rings. The van der Waals surface area contributed by atoms with Crippen LogP contribution in [0, 0.1) is 0 Å². The Morgan fingerprint density at radius 2 is 1.87 bits per heavy atom. The van der Waals surface area contributed by atoms with Gasteiger partial charge in [0.25, 0.3) is 5.91 Å². The van der Waals surface area contributed by atoms with E-state index in [-0.39, 0.29) is 0 Å². The van der Waals surface area contributed by atoms with Crippen LogP contribution in [-0.4, -0.2) is 37.7 Å². The predicted octanol–water partition coefficient (Wildman–Crippen LogP) is 4.04. The zero-order valence-electron chi connectivity index (χ0n) is 17.3. The summed E-state index contributed by atoms with van der Waals surface area (Å²) >= 11 is 6.17. The molecule has 2 aromatic rings. The van der Waals surface area contributed by atoms with Gasteiger partial charge in [-0.3, -0.25) is 10.1 Å². The van der Waals surface area contributed by atoms with E-state index in [1.165, 1.54) is 20.1 Å². The third-order valence-electron chi connectivity index (χ3n) is 3.88. The van der Waals surface area contributed by atoms with E-state index >= 15 is 0 Å². The first kappa shape index (κ1) is 23.8. The number of rotatable bonds is 8. The Morgan fingerprint density at radius 1 is 1.16 bits per heavy atom. The maximum atomic E-state index is 12.1. The number of nitrogens with one attached hydrogen (secondary N) is 2. The molecule has 0 spiro atoms. The van der Waals surface area contributed by atoms with Crippen molar-refractivity contribution in [3.8, 4) is 11.5 Å². The number of methoxy groups -OCH3 is 1. The lowest BCUT2D eigenvalue weighted by Gasteiger charge is -2.13. The molecular weight excluding hydrogens is 424 g/mol. The van der Waals surface area contributed by atoms with Crippen molar-refractivity contribution in [3.05, 3.63) is 59.1 Å². The fourth-order valence-corrected chi connectivity index (χ4v) is 2.77. The first-order valence-corrected chi connectivity index (χ1v) is 9.77. The lowest BCUT2D eigenvalue weighted by Crippen LogP contribution is -2.41. The monoisotopic (exact) mass is 446 g/mol. The highest BCUT2D eigenvalue weighted by molar-refractivity contribution is 6.32. The summed E-state index contributed by atoms with van der Waals surface area (Å²) in [6.45, 7) is 3.58. The van der Waals surface area contributed by atoms with Crippen LogP contribution in [0.1, 0.15) is 19.4 Å². The molecule has 2 aromatic carbocycles. The van der Waals surface area contributed by atoms with Crippen molar-refractivity contribution in [1.29, 1.82) is 0 Å². The van der Waals surface area contributed by atoms with Gasteiger partial charge in [-0.15, -0.1) is 0 Å². The number of carbonyl (C=O) groups is 3. The summed E-state index contributed by atoms with van der Waals surface area (Å²) < 4.78 is 15.7. The molecule has 0 saturated carbocycles. The number of ether oxygens (including phenoxy) is 3. The normalized spacial score (nSPS) is 11.5. The van der Waals surface area contributed by atoms with Gasteiger partial charge in [0.15, 0.2) is 17.6 Å². The number of benzene rings is 2. The Hall–Kier alpha value is -3.52. The van der Waals surface area contributed by atoms with Gasteiger partial charge in [-0.05, 0) is 49.8 Å². The number of amides is 3. The molecule has 1 atom stereocenters. The number of anilines is 1. The standard InChI is InChI=1S/C22H23ClN2O6/c1-4-30-18-13-15(12-17(23)20(18)29-3)10-11-19(26)31-14(2)21(27)25-22(28)24-16-8-6-5-7-9-16/h5-14H,4H2,1-3H3,(H2,24,25,27,28)/b11-10+. The van der Waals surface area contributed by atoms with E-state index in [9.17, 15) is 14.4 Å². The number of carbonyl (C=O) groups excluding carboxylic acids is 3. The summed E-state index contributed by atoms with van der Waals surface area (Å²) in [5, 5.41) is 4.93. The maximum absolute atomic E-state index is 12.1. The van der Waals surface area contributed by atoms with Gasteiger partial charge in [-0.2, -0.15) is 0 Å². The maximum Gasteiger partial charge on any atom is 0.331 e. The first-order valence-electron chi connectivity index (χ1n) is 9.40. The second kappa shape index (κ2) is 11.6. The minimum absolute atomic E-state index is 0.318. The fourth-order valence-electron chi connectivity index (χ4n) is 2.47. The molecule has 0 aliphatic carbocycles. The molecule has 3 amide bonds. The third kappa shape index (κ3) is 7.35. The van der Waals surface area contributed by atoms with Crippen molar-refractivity contribution in [2.45, 2.75) is 20.0 Å². The highest BCUT2D eigenvalue weighted by atomic mass is 35.5. The SMILES string of the molecule is CCOc1cc(/C=C/C(=O)OC(C)C(=O)NC(=O)Nc2ccccc2)cc(Cl)c1OC. The molecule has 0 aliphatic rings. The number of urea groups is 1. The van der Waals surface area contributed by atoms with Gasteiger partial charge in [0.05, 0.1) is 18.7 Å². The molecule has 2 N–H and O–H groups in total. The van der Waals surface area contributed by atoms with Crippen molar-refractivity contribution >= 4 is 41.3 Å². The molecule has 9 heteroatoms. The van der Waals surface area contributed by atoms with Gasteiger partial charge in [0, 0.05) is 11.8 Å². The molecule has 0 bridgehead atoms. The largest absolute Gasteiger partial charge is 0.491 e. The average molecular weight is 447 g/mol. The molecule has 2 rings (SSSR count). The molecule has 0 aliphatic heterocycles. The summed E-state index contributed by atoms with van der Waals surface area (Å²) in [6, 6.07) is 11.1. The van der Waals surface area contributed by atoms with Gasteiger partial charge in [0.1, 0.15) is 0 Å². The Bertz CT molecular complexity index is 962. The minimum Gasteiger partial charge on any atom is -0.491 e. The van der Waals surface area contributed by atoms with Crippen LogP contribution >= 0.6 is 11.6 Å². The van der Waals surface area contributed by atoms with Crippen molar-refractivity contribution < 1.29 is 28.6 Å². The second-order valence-electron chi connectivity index (χ2n) is 6.19. The molecule has 8 nitrogen and oxygen atoms in total. The van der Waals surface area contributed by atoms with E-state index in [4.69, 9.17) is 25.8 Å². The Morgan fingerprint density at radius 3 is 2.52 bits per heavy atom. The zero-order valence-corrected chi connectivity index (χ0v) is 18.1. The molecule has 0 aromatic heterocycles. The smallest absolute Gasteiger partial charge is 0.331 e. The van der Waals surface area contributed by atoms with Crippen molar-refractivity contribution in [2.75, 3.05) is 19.0 Å². The Kier molecular flexibility index (Phi) is 8.90. The van der Waals surface area contributed by atoms with Crippen LogP contribution in [0.25, 0.3) is 6.08 Å². The van der Waals surface area contributed by atoms with E-state index in [1.807, 2.05) is 6.92 Å². The van der Waals surface area contributed by atoms with Crippen molar-refractivity contribution in [1.82, 2.24) is 5.32 Å². The molecule has 0 saturated heterocycles. The van der Waals surface area contributed by atoms with Crippen LogP contribution in [0.5, 0.6) is 11.5 Å². The summed E-state index contributed by atoms with van der Waals surface area (Å²) in [5.74, 6) is -0.706. The van der Waals surface area contributed by atoms with E-state index in [0.717, 1.165) is 6.08 Å². The summed E-state index contributed by atoms with van der Waals surface area (Å²) in [5.41, 5.74) is 1.09. The van der Waals surface area contributed by atoms with E-state index in [2.05, 4.69) is 10.6 Å².